The van der Waals surface area contributed by atoms with Gasteiger partial charge in [0.05, 0.1) is 10.6 Å². The van der Waals surface area contributed by atoms with Crippen molar-refractivity contribution in [2.24, 2.45) is 0 Å². The predicted molar refractivity (Wildman–Crippen MR) is 124 cm³/mol. The van der Waals surface area contributed by atoms with E-state index in [1.807, 2.05) is 54.6 Å². The van der Waals surface area contributed by atoms with E-state index < -0.39 is 0 Å². The lowest BCUT2D eigenvalue weighted by Crippen LogP contribution is -2.16. The molecule has 1 amide bonds. The van der Waals surface area contributed by atoms with Crippen LogP contribution in [0.4, 0.5) is 5.69 Å². The number of halogens is 1. The molecule has 1 unspecified atom stereocenters. The average molecular weight is 482 g/mol. The molecule has 160 valence electrons. The molecule has 1 heterocycles. The number of hydrogen-bond acceptors (Lipinski definition) is 4. The second kappa shape index (κ2) is 10.5. The summed E-state index contributed by atoms with van der Waals surface area (Å²) in [5, 5.41) is 2.92. The van der Waals surface area contributed by atoms with Gasteiger partial charge in [-0.1, -0.05) is 36.4 Å². The molecule has 0 saturated carbocycles. The fraction of sp³-hybridized carbons (Fsp3) is 0.240. The number of carbonyl (C=O) groups is 1. The van der Waals surface area contributed by atoms with Crippen molar-refractivity contribution in [1.82, 2.24) is 0 Å². The van der Waals surface area contributed by atoms with Crippen LogP contribution in [0.15, 0.2) is 77.3 Å². The highest BCUT2D eigenvalue weighted by molar-refractivity contribution is 9.10. The first kappa shape index (κ1) is 21.4. The van der Waals surface area contributed by atoms with Crippen molar-refractivity contribution in [3.63, 3.8) is 0 Å². The highest BCUT2D eigenvalue weighted by Gasteiger charge is 2.17. The zero-order valence-corrected chi connectivity index (χ0v) is 18.6. The maximum atomic E-state index is 12.7. The first-order valence-corrected chi connectivity index (χ1v) is 11.1. The van der Waals surface area contributed by atoms with Gasteiger partial charge < -0.3 is 19.5 Å². The summed E-state index contributed by atoms with van der Waals surface area (Å²) in [6.45, 7) is 1.78. The van der Waals surface area contributed by atoms with E-state index in [-0.39, 0.29) is 12.0 Å². The molecule has 1 atom stereocenters. The number of benzene rings is 3. The number of carbonyl (C=O) groups excluding carboxylic acids is 1. The fourth-order valence-electron chi connectivity index (χ4n) is 3.33. The molecule has 3 aromatic rings. The van der Waals surface area contributed by atoms with E-state index in [0.717, 1.165) is 29.5 Å². The van der Waals surface area contributed by atoms with Crippen LogP contribution < -0.4 is 14.8 Å². The zero-order chi connectivity index (χ0) is 21.5. The number of ether oxygens (including phenoxy) is 3. The third kappa shape index (κ3) is 6.09. The molecule has 1 N–H and O–H groups in total. The van der Waals surface area contributed by atoms with Crippen LogP contribution in [-0.2, 0) is 11.3 Å². The Morgan fingerprint density at radius 1 is 1.03 bits per heavy atom. The van der Waals surface area contributed by atoms with Gasteiger partial charge in [-0.15, -0.1) is 0 Å². The first-order valence-electron chi connectivity index (χ1n) is 10.3. The van der Waals surface area contributed by atoms with Crippen LogP contribution in [0.2, 0.25) is 0 Å². The van der Waals surface area contributed by atoms with E-state index in [2.05, 4.69) is 21.2 Å². The predicted octanol–water partition coefficient (Wildman–Crippen LogP) is 5.84. The van der Waals surface area contributed by atoms with Crippen molar-refractivity contribution < 1.29 is 19.0 Å². The molecule has 0 aliphatic carbocycles. The third-order valence-electron chi connectivity index (χ3n) is 4.98. The summed E-state index contributed by atoms with van der Waals surface area (Å²) in [4.78, 5) is 12.7. The Bertz CT molecular complexity index is 1020. The van der Waals surface area contributed by atoms with Gasteiger partial charge in [0.15, 0.2) is 0 Å². The van der Waals surface area contributed by atoms with Crippen LogP contribution in [-0.4, -0.2) is 25.2 Å². The van der Waals surface area contributed by atoms with Gasteiger partial charge in [-0.05, 0) is 64.7 Å². The first-order chi connectivity index (χ1) is 15.2. The maximum absolute atomic E-state index is 12.7. The largest absolute Gasteiger partial charge is 0.490 e. The Balaban J connectivity index is 1.34. The van der Waals surface area contributed by atoms with Crippen LogP contribution in [0.1, 0.15) is 28.8 Å². The number of amides is 1. The Hall–Kier alpha value is -2.83. The number of nitrogens with one attached hydrogen (secondary N) is 1. The van der Waals surface area contributed by atoms with Gasteiger partial charge in [-0.25, -0.2) is 0 Å². The van der Waals surface area contributed by atoms with Gasteiger partial charge in [0.2, 0.25) is 0 Å². The van der Waals surface area contributed by atoms with Crippen molar-refractivity contribution in [3.8, 4) is 11.5 Å². The number of rotatable bonds is 8. The van der Waals surface area contributed by atoms with Crippen molar-refractivity contribution in [2.75, 3.05) is 18.5 Å². The smallest absolute Gasteiger partial charge is 0.255 e. The molecule has 0 aromatic heterocycles. The molecule has 1 aliphatic heterocycles. The quantitative estimate of drug-likeness (QED) is 0.439. The normalized spacial score (nSPS) is 15.5. The average Bonchev–Trinajstić information content (AvgIpc) is 3.31. The summed E-state index contributed by atoms with van der Waals surface area (Å²) in [7, 11) is 0. The van der Waals surface area contributed by atoms with Crippen LogP contribution >= 0.6 is 15.9 Å². The van der Waals surface area contributed by atoms with Gasteiger partial charge in [0.25, 0.3) is 5.91 Å². The molecular formula is C25H24BrNO4. The van der Waals surface area contributed by atoms with Crippen molar-refractivity contribution >= 4 is 27.5 Å². The van der Waals surface area contributed by atoms with Crippen LogP contribution in [0, 0.1) is 0 Å². The third-order valence-corrected chi connectivity index (χ3v) is 5.60. The summed E-state index contributed by atoms with van der Waals surface area (Å²) in [5.41, 5.74) is 2.29. The second-order valence-electron chi connectivity index (χ2n) is 7.35. The van der Waals surface area contributed by atoms with E-state index >= 15 is 0 Å². The summed E-state index contributed by atoms with van der Waals surface area (Å²) in [5.74, 6) is 1.19. The van der Waals surface area contributed by atoms with E-state index in [4.69, 9.17) is 14.2 Å². The molecule has 1 fully saturated rings. The molecule has 1 saturated heterocycles. The molecule has 3 aromatic carbocycles. The van der Waals surface area contributed by atoms with Crippen molar-refractivity contribution in [2.45, 2.75) is 25.6 Å². The van der Waals surface area contributed by atoms with Crippen molar-refractivity contribution in [3.05, 3.63) is 88.4 Å². The highest BCUT2D eigenvalue weighted by Crippen LogP contribution is 2.28. The summed E-state index contributed by atoms with van der Waals surface area (Å²) in [6.07, 6.45) is 2.24. The van der Waals surface area contributed by atoms with Crippen LogP contribution in [0.3, 0.4) is 0 Å². The lowest BCUT2D eigenvalue weighted by atomic mass is 10.2. The minimum Gasteiger partial charge on any atom is -0.490 e. The minimum absolute atomic E-state index is 0.145. The van der Waals surface area contributed by atoms with Gasteiger partial charge >= 0.3 is 0 Å². The molecule has 6 heteroatoms. The Kier molecular flexibility index (Phi) is 7.22. The lowest BCUT2D eigenvalue weighted by Gasteiger charge is -2.13. The Morgan fingerprint density at radius 2 is 1.90 bits per heavy atom. The SMILES string of the molecule is O=C(Nc1cccc(OCc2ccccc2)c1)c1ccc(OCC2CCCO2)c(Br)c1. The van der Waals surface area contributed by atoms with Gasteiger partial charge in [-0.3, -0.25) is 4.79 Å². The molecule has 1 aliphatic rings. The van der Waals surface area contributed by atoms with Gasteiger partial charge in [-0.2, -0.15) is 0 Å². The molecular weight excluding hydrogens is 458 g/mol. The van der Waals surface area contributed by atoms with E-state index in [1.54, 1.807) is 18.2 Å². The summed E-state index contributed by atoms with van der Waals surface area (Å²) < 4.78 is 18.0. The molecule has 5 nitrogen and oxygen atoms in total. The Morgan fingerprint density at radius 3 is 2.68 bits per heavy atom. The molecule has 0 spiro atoms. The Labute approximate surface area is 190 Å². The van der Waals surface area contributed by atoms with E-state index in [9.17, 15) is 4.79 Å². The maximum Gasteiger partial charge on any atom is 0.255 e. The molecule has 0 bridgehead atoms. The number of anilines is 1. The van der Waals surface area contributed by atoms with Crippen LogP contribution in [0.5, 0.6) is 11.5 Å². The monoisotopic (exact) mass is 481 g/mol. The van der Waals surface area contributed by atoms with Crippen molar-refractivity contribution in [1.29, 1.82) is 0 Å². The van der Waals surface area contributed by atoms with E-state index in [1.165, 1.54) is 0 Å². The standard InChI is InChI=1S/C25H24BrNO4/c26-23-14-19(11-12-24(23)31-17-22-10-5-13-29-22)25(28)27-20-8-4-9-21(15-20)30-16-18-6-2-1-3-7-18/h1-4,6-9,11-12,14-15,22H,5,10,13,16-17H2,(H,27,28). The lowest BCUT2D eigenvalue weighted by molar-refractivity contribution is 0.0677. The second-order valence-corrected chi connectivity index (χ2v) is 8.20. The molecule has 0 radical (unpaired) electrons. The molecule has 4 rings (SSSR count). The topological polar surface area (TPSA) is 56.8 Å². The fourth-order valence-corrected chi connectivity index (χ4v) is 3.82. The molecule has 31 heavy (non-hydrogen) atoms. The highest BCUT2D eigenvalue weighted by atomic mass is 79.9. The summed E-state index contributed by atoms with van der Waals surface area (Å²) in [6, 6.07) is 22.6. The number of hydrogen-bond donors (Lipinski definition) is 1. The van der Waals surface area contributed by atoms with Crippen LogP contribution in [0.25, 0.3) is 0 Å². The van der Waals surface area contributed by atoms with Gasteiger partial charge in [0, 0.05) is 23.9 Å². The van der Waals surface area contributed by atoms with E-state index in [0.29, 0.717) is 36.0 Å². The van der Waals surface area contributed by atoms with Gasteiger partial charge in [0.1, 0.15) is 24.7 Å². The minimum atomic E-state index is -0.202. The summed E-state index contributed by atoms with van der Waals surface area (Å²) >= 11 is 3.50. The zero-order valence-electron chi connectivity index (χ0n) is 17.1.